The summed E-state index contributed by atoms with van der Waals surface area (Å²) < 4.78 is 42.0. The molecule has 0 fully saturated rings. The average molecular weight is 400 g/mol. The van der Waals surface area contributed by atoms with Crippen molar-refractivity contribution >= 4 is 17.6 Å². The van der Waals surface area contributed by atoms with E-state index in [9.17, 15) is 18.4 Å². The molecule has 1 unspecified atom stereocenters. The normalized spacial score (nSPS) is 16.0. The van der Waals surface area contributed by atoms with E-state index < -0.39 is 36.2 Å². The van der Waals surface area contributed by atoms with Crippen molar-refractivity contribution in [1.29, 1.82) is 0 Å². The first-order chi connectivity index (χ1) is 14.0. The number of esters is 1. The van der Waals surface area contributed by atoms with Crippen molar-refractivity contribution in [3.63, 3.8) is 0 Å². The van der Waals surface area contributed by atoms with E-state index >= 15 is 0 Å². The predicted molar refractivity (Wildman–Crippen MR) is 94.8 cm³/mol. The molecule has 1 atom stereocenters. The topological polar surface area (TPSA) is 85.3 Å². The summed E-state index contributed by atoms with van der Waals surface area (Å²) >= 11 is 0. The molecule has 1 aromatic carbocycles. The molecule has 2 aromatic heterocycles. The molecule has 1 amide bonds. The summed E-state index contributed by atoms with van der Waals surface area (Å²) in [5, 5.41) is 5.45. The van der Waals surface area contributed by atoms with E-state index in [1.165, 1.54) is 12.5 Å². The quantitative estimate of drug-likeness (QED) is 0.610. The largest absolute Gasteiger partial charge is 0.467 e. The number of carbonyl (C=O) groups excluding carboxylic acids is 2. The third-order valence-corrected chi connectivity index (χ3v) is 4.33. The minimum absolute atomic E-state index is 0.208. The van der Waals surface area contributed by atoms with Gasteiger partial charge in [0.1, 0.15) is 23.3 Å². The third-order valence-electron chi connectivity index (χ3n) is 4.33. The minimum atomic E-state index is -1.18. The Hall–Kier alpha value is -3.75. The predicted octanol–water partition coefficient (Wildman–Crippen LogP) is 3.69. The first-order valence-electron chi connectivity index (χ1n) is 8.62. The van der Waals surface area contributed by atoms with E-state index in [-0.39, 0.29) is 5.56 Å². The zero-order valence-corrected chi connectivity index (χ0v) is 14.9. The third kappa shape index (κ3) is 3.79. The van der Waals surface area contributed by atoms with Crippen molar-refractivity contribution in [2.24, 2.45) is 5.10 Å². The highest BCUT2D eigenvalue weighted by atomic mass is 19.2. The summed E-state index contributed by atoms with van der Waals surface area (Å²) in [4.78, 5) is 24.7. The van der Waals surface area contributed by atoms with Gasteiger partial charge in [-0.1, -0.05) is 0 Å². The number of furan rings is 2. The number of hydrazone groups is 1. The Balaban J connectivity index is 1.49. The standard InChI is InChI=1S/C20H14F2N2O5/c21-13-6-5-12(9-14(13)22)20(26)29-11-19(25)24-16(18-4-2-8-28-18)10-15(23-24)17-3-1-7-27-17/h1-9,16H,10-11H2. The summed E-state index contributed by atoms with van der Waals surface area (Å²) in [5.41, 5.74) is 0.331. The van der Waals surface area contributed by atoms with Crippen molar-refractivity contribution in [3.8, 4) is 0 Å². The second kappa shape index (κ2) is 7.70. The number of hydrogen-bond donors (Lipinski definition) is 0. The highest BCUT2D eigenvalue weighted by Gasteiger charge is 2.36. The molecule has 3 heterocycles. The van der Waals surface area contributed by atoms with Gasteiger partial charge in [-0.25, -0.2) is 18.6 Å². The minimum Gasteiger partial charge on any atom is -0.467 e. The fourth-order valence-corrected chi connectivity index (χ4v) is 2.93. The molecule has 3 aromatic rings. The van der Waals surface area contributed by atoms with Gasteiger partial charge >= 0.3 is 5.97 Å². The van der Waals surface area contributed by atoms with Crippen LogP contribution in [0.5, 0.6) is 0 Å². The van der Waals surface area contributed by atoms with Gasteiger partial charge < -0.3 is 13.6 Å². The van der Waals surface area contributed by atoms with Crippen molar-refractivity contribution in [2.45, 2.75) is 12.5 Å². The second-order valence-electron chi connectivity index (χ2n) is 6.20. The van der Waals surface area contributed by atoms with Crippen molar-refractivity contribution in [2.75, 3.05) is 6.61 Å². The molecule has 1 aliphatic rings. The lowest BCUT2D eigenvalue weighted by molar-refractivity contribution is -0.136. The van der Waals surface area contributed by atoms with E-state index in [1.807, 2.05) is 0 Å². The Bertz CT molecular complexity index is 1060. The molecule has 29 heavy (non-hydrogen) atoms. The monoisotopic (exact) mass is 400 g/mol. The molecule has 0 N–H and O–H groups in total. The van der Waals surface area contributed by atoms with Gasteiger partial charge in [-0.2, -0.15) is 5.10 Å². The fraction of sp³-hybridized carbons (Fsp3) is 0.150. The van der Waals surface area contributed by atoms with Crippen LogP contribution < -0.4 is 0 Å². The maximum Gasteiger partial charge on any atom is 0.338 e. The van der Waals surface area contributed by atoms with Crippen LogP contribution in [0.1, 0.15) is 34.3 Å². The van der Waals surface area contributed by atoms with Crippen molar-refractivity contribution < 1.29 is 31.9 Å². The number of ether oxygens (including phenoxy) is 1. The number of amides is 1. The van der Waals surface area contributed by atoms with Gasteiger partial charge in [-0.15, -0.1) is 0 Å². The Labute approximate surface area is 163 Å². The maximum atomic E-state index is 13.3. The Morgan fingerprint density at radius 1 is 1.10 bits per heavy atom. The average Bonchev–Trinajstić information content (AvgIpc) is 3.48. The summed E-state index contributed by atoms with van der Waals surface area (Å²) in [6.45, 7) is -0.635. The highest BCUT2D eigenvalue weighted by Crippen LogP contribution is 2.33. The van der Waals surface area contributed by atoms with Gasteiger partial charge in [0.05, 0.1) is 18.1 Å². The van der Waals surface area contributed by atoms with Crippen LogP contribution >= 0.6 is 0 Å². The Kier molecular flexibility index (Phi) is 4.94. The van der Waals surface area contributed by atoms with Crippen LogP contribution in [0.3, 0.4) is 0 Å². The van der Waals surface area contributed by atoms with Crippen molar-refractivity contribution in [1.82, 2.24) is 5.01 Å². The molecule has 0 saturated heterocycles. The van der Waals surface area contributed by atoms with Crippen LogP contribution in [0.25, 0.3) is 0 Å². The molecule has 0 bridgehead atoms. The van der Waals surface area contributed by atoms with Crippen LogP contribution in [0, 0.1) is 11.6 Å². The van der Waals surface area contributed by atoms with Crippen LogP contribution in [0.2, 0.25) is 0 Å². The van der Waals surface area contributed by atoms with E-state index in [0.717, 1.165) is 17.1 Å². The van der Waals surface area contributed by atoms with Gasteiger partial charge in [0.25, 0.3) is 5.91 Å². The van der Waals surface area contributed by atoms with Gasteiger partial charge in [0.15, 0.2) is 18.2 Å². The second-order valence-corrected chi connectivity index (χ2v) is 6.20. The van der Waals surface area contributed by atoms with Crippen LogP contribution in [-0.2, 0) is 9.53 Å². The molecule has 9 heteroatoms. The zero-order chi connectivity index (χ0) is 20.4. The van der Waals surface area contributed by atoms with Crippen molar-refractivity contribution in [3.05, 3.63) is 83.7 Å². The smallest absolute Gasteiger partial charge is 0.338 e. The molecule has 148 valence electrons. The molecule has 7 nitrogen and oxygen atoms in total. The molecular formula is C20H14F2N2O5. The van der Waals surface area contributed by atoms with Gasteiger partial charge in [0.2, 0.25) is 0 Å². The SMILES string of the molecule is O=C(OCC(=O)N1N=C(c2ccco2)CC1c1ccco1)c1ccc(F)c(F)c1. The number of rotatable bonds is 5. The number of carbonyl (C=O) groups is 2. The number of nitrogens with zero attached hydrogens (tertiary/aromatic N) is 2. The molecule has 0 spiro atoms. The number of halogens is 2. The summed E-state index contributed by atoms with van der Waals surface area (Å²) in [7, 11) is 0. The number of benzene rings is 1. The number of hydrogen-bond acceptors (Lipinski definition) is 6. The first-order valence-corrected chi connectivity index (χ1v) is 8.62. The first kappa shape index (κ1) is 18.6. The molecule has 0 saturated carbocycles. The lowest BCUT2D eigenvalue weighted by Crippen LogP contribution is -2.31. The Morgan fingerprint density at radius 3 is 2.59 bits per heavy atom. The fourth-order valence-electron chi connectivity index (χ4n) is 2.93. The lowest BCUT2D eigenvalue weighted by Gasteiger charge is -2.19. The molecule has 4 rings (SSSR count). The molecular weight excluding hydrogens is 386 g/mol. The summed E-state index contributed by atoms with van der Waals surface area (Å²) in [6.07, 6.45) is 3.32. The van der Waals surface area contributed by atoms with E-state index in [4.69, 9.17) is 13.6 Å². The van der Waals surface area contributed by atoms with Gasteiger partial charge in [0, 0.05) is 6.42 Å². The van der Waals surface area contributed by atoms with E-state index in [2.05, 4.69) is 5.10 Å². The summed E-state index contributed by atoms with van der Waals surface area (Å²) in [6, 6.07) is 8.87. The maximum absolute atomic E-state index is 13.3. The van der Waals surface area contributed by atoms with Crippen LogP contribution in [0.4, 0.5) is 8.78 Å². The van der Waals surface area contributed by atoms with E-state index in [1.54, 1.807) is 24.3 Å². The Morgan fingerprint density at radius 2 is 1.90 bits per heavy atom. The van der Waals surface area contributed by atoms with Gasteiger partial charge in [-0.05, 0) is 42.5 Å². The highest BCUT2D eigenvalue weighted by molar-refractivity contribution is 6.01. The van der Waals surface area contributed by atoms with Crippen LogP contribution in [0.15, 0.2) is 68.9 Å². The zero-order valence-electron chi connectivity index (χ0n) is 14.9. The summed E-state index contributed by atoms with van der Waals surface area (Å²) in [5.74, 6) is -2.82. The molecule has 1 aliphatic heterocycles. The molecule has 0 radical (unpaired) electrons. The lowest BCUT2D eigenvalue weighted by atomic mass is 10.1. The van der Waals surface area contributed by atoms with E-state index in [0.29, 0.717) is 29.7 Å². The van der Waals surface area contributed by atoms with Gasteiger partial charge in [-0.3, -0.25) is 4.79 Å². The molecule has 0 aliphatic carbocycles. The van der Waals surface area contributed by atoms with Crippen LogP contribution in [-0.4, -0.2) is 29.2 Å².